The molecule has 0 amide bonds. The highest BCUT2D eigenvalue weighted by Crippen LogP contribution is 1.97. The second kappa shape index (κ2) is 8.05. The van der Waals surface area contributed by atoms with Gasteiger partial charge in [0, 0.05) is 13.1 Å². The van der Waals surface area contributed by atoms with Crippen LogP contribution in [0.4, 0.5) is 0 Å². The lowest BCUT2D eigenvalue weighted by Gasteiger charge is -2.26. The van der Waals surface area contributed by atoms with Crippen molar-refractivity contribution in [3.05, 3.63) is 0 Å². The van der Waals surface area contributed by atoms with Crippen molar-refractivity contribution in [2.45, 2.75) is 25.9 Å². The average molecular weight is 216 g/mol. The molecule has 1 rings (SSSR count). The number of ether oxygens (including phenoxy) is 1. The molecular formula is C11H24N2O2. The molecule has 0 aromatic rings. The minimum Gasteiger partial charge on any atom is -0.393 e. The summed E-state index contributed by atoms with van der Waals surface area (Å²) in [5, 5.41) is 12.4. The Bertz CT molecular complexity index is 148. The SMILES string of the molecule is CC(O)CCNCCCN1CCOCC1. The van der Waals surface area contributed by atoms with Gasteiger partial charge < -0.3 is 15.2 Å². The Morgan fingerprint density at radius 2 is 2.07 bits per heavy atom. The molecular weight excluding hydrogens is 192 g/mol. The molecule has 4 nitrogen and oxygen atoms in total. The minimum absolute atomic E-state index is 0.184. The van der Waals surface area contributed by atoms with Crippen LogP contribution in [0, 0.1) is 0 Å². The third-order valence-corrected chi connectivity index (χ3v) is 2.67. The highest BCUT2D eigenvalue weighted by Gasteiger charge is 2.08. The van der Waals surface area contributed by atoms with E-state index < -0.39 is 0 Å². The normalized spacial score (nSPS) is 20.4. The van der Waals surface area contributed by atoms with E-state index in [0.29, 0.717) is 0 Å². The van der Waals surface area contributed by atoms with E-state index in [9.17, 15) is 0 Å². The molecule has 90 valence electrons. The molecule has 1 heterocycles. The third-order valence-electron chi connectivity index (χ3n) is 2.67. The maximum absolute atomic E-state index is 9.05. The van der Waals surface area contributed by atoms with Crippen molar-refractivity contribution < 1.29 is 9.84 Å². The van der Waals surface area contributed by atoms with Crippen molar-refractivity contribution in [1.29, 1.82) is 0 Å². The zero-order valence-corrected chi connectivity index (χ0v) is 9.74. The third kappa shape index (κ3) is 6.84. The van der Waals surface area contributed by atoms with E-state index in [2.05, 4.69) is 10.2 Å². The highest BCUT2D eigenvalue weighted by molar-refractivity contribution is 4.62. The van der Waals surface area contributed by atoms with Crippen LogP contribution in [0.15, 0.2) is 0 Å². The molecule has 1 aliphatic rings. The molecule has 1 aliphatic heterocycles. The molecule has 1 unspecified atom stereocenters. The van der Waals surface area contributed by atoms with Crippen LogP contribution >= 0.6 is 0 Å². The van der Waals surface area contributed by atoms with Gasteiger partial charge in [-0.05, 0) is 39.4 Å². The van der Waals surface area contributed by atoms with Gasteiger partial charge in [-0.3, -0.25) is 4.90 Å². The first-order valence-electron chi connectivity index (χ1n) is 5.98. The maximum Gasteiger partial charge on any atom is 0.0594 e. The van der Waals surface area contributed by atoms with Crippen LogP contribution in [0.3, 0.4) is 0 Å². The Kier molecular flexibility index (Phi) is 6.92. The Morgan fingerprint density at radius 3 is 2.73 bits per heavy atom. The molecule has 15 heavy (non-hydrogen) atoms. The molecule has 0 aliphatic carbocycles. The van der Waals surface area contributed by atoms with E-state index >= 15 is 0 Å². The van der Waals surface area contributed by atoms with Crippen LogP contribution in [-0.2, 0) is 4.74 Å². The molecule has 2 N–H and O–H groups in total. The zero-order valence-electron chi connectivity index (χ0n) is 9.74. The molecule has 1 fully saturated rings. The van der Waals surface area contributed by atoms with Gasteiger partial charge in [-0.2, -0.15) is 0 Å². The summed E-state index contributed by atoms with van der Waals surface area (Å²) in [5.74, 6) is 0. The first-order chi connectivity index (χ1) is 7.29. The topological polar surface area (TPSA) is 44.7 Å². The van der Waals surface area contributed by atoms with Crippen molar-refractivity contribution in [1.82, 2.24) is 10.2 Å². The molecule has 1 saturated heterocycles. The molecule has 1 atom stereocenters. The van der Waals surface area contributed by atoms with Crippen LogP contribution in [0.1, 0.15) is 19.8 Å². The summed E-state index contributed by atoms with van der Waals surface area (Å²) in [6.07, 6.45) is 1.84. The predicted octanol–water partition coefficient (Wildman–Crippen LogP) is 0.0692. The van der Waals surface area contributed by atoms with Crippen LogP contribution in [0.5, 0.6) is 0 Å². The molecule has 0 saturated carbocycles. The number of aliphatic hydroxyl groups is 1. The highest BCUT2D eigenvalue weighted by atomic mass is 16.5. The largest absolute Gasteiger partial charge is 0.393 e. The van der Waals surface area contributed by atoms with Crippen LogP contribution in [0.25, 0.3) is 0 Å². The van der Waals surface area contributed by atoms with Crippen LogP contribution < -0.4 is 5.32 Å². The van der Waals surface area contributed by atoms with Crippen molar-refractivity contribution in [3.63, 3.8) is 0 Å². The summed E-state index contributed by atoms with van der Waals surface area (Å²) in [6, 6.07) is 0. The van der Waals surface area contributed by atoms with Gasteiger partial charge in [0.25, 0.3) is 0 Å². The number of morpholine rings is 1. The Morgan fingerprint density at radius 1 is 1.33 bits per heavy atom. The van der Waals surface area contributed by atoms with E-state index in [1.807, 2.05) is 6.92 Å². The van der Waals surface area contributed by atoms with Gasteiger partial charge in [0.2, 0.25) is 0 Å². The summed E-state index contributed by atoms with van der Waals surface area (Å²) >= 11 is 0. The number of nitrogens with zero attached hydrogens (tertiary/aromatic N) is 1. The van der Waals surface area contributed by atoms with E-state index in [1.165, 1.54) is 6.42 Å². The maximum atomic E-state index is 9.05. The predicted molar refractivity (Wildman–Crippen MR) is 61.0 cm³/mol. The number of nitrogens with one attached hydrogen (secondary N) is 1. The van der Waals surface area contributed by atoms with Gasteiger partial charge in [0.1, 0.15) is 0 Å². The Labute approximate surface area is 92.6 Å². The van der Waals surface area contributed by atoms with Gasteiger partial charge >= 0.3 is 0 Å². The lowest BCUT2D eigenvalue weighted by Crippen LogP contribution is -2.37. The summed E-state index contributed by atoms with van der Waals surface area (Å²) in [6.45, 7) is 8.87. The quantitative estimate of drug-likeness (QED) is 0.591. The summed E-state index contributed by atoms with van der Waals surface area (Å²) in [7, 11) is 0. The first-order valence-corrected chi connectivity index (χ1v) is 5.98. The fourth-order valence-electron chi connectivity index (χ4n) is 1.69. The van der Waals surface area contributed by atoms with Crippen molar-refractivity contribution in [3.8, 4) is 0 Å². The first kappa shape index (κ1) is 12.9. The Hall–Kier alpha value is -0.160. The fourth-order valence-corrected chi connectivity index (χ4v) is 1.69. The minimum atomic E-state index is -0.184. The van der Waals surface area contributed by atoms with Gasteiger partial charge in [-0.25, -0.2) is 0 Å². The van der Waals surface area contributed by atoms with Crippen molar-refractivity contribution in [2.24, 2.45) is 0 Å². The second-order valence-electron chi connectivity index (χ2n) is 4.20. The number of aliphatic hydroxyl groups excluding tert-OH is 1. The number of hydrogen-bond donors (Lipinski definition) is 2. The van der Waals surface area contributed by atoms with Crippen LogP contribution in [-0.4, -0.2) is 62.0 Å². The number of rotatable bonds is 7. The van der Waals surface area contributed by atoms with Crippen molar-refractivity contribution in [2.75, 3.05) is 45.9 Å². The van der Waals surface area contributed by atoms with Gasteiger partial charge in [0.05, 0.1) is 19.3 Å². The fraction of sp³-hybridized carbons (Fsp3) is 1.00. The van der Waals surface area contributed by atoms with Crippen molar-refractivity contribution >= 4 is 0 Å². The lowest BCUT2D eigenvalue weighted by molar-refractivity contribution is 0.0374. The number of hydrogen-bond acceptors (Lipinski definition) is 4. The monoisotopic (exact) mass is 216 g/mol. The molecule has 0 aromatic heterocycles. The lowest BCUT2D eigenvalue weighted by atomic mass is 10.3. The van der Waals surface area contributed by atoms with E-state index in [1.54, 1.807) is 0 Å². The Balaban J connectivity index is 1.83. The average Bonchev–Trinajstić information content (AvgIpc) is 2.24. The standard InChI is InChI=1S/C11H24N2O2/c1-11(14)3-5-12-4-2-6-13-7-9-15-10-8-13/h11-12,14H,2-10H2,1H3. The molecule has 0 radical (unpaired) electrons. The van der Waals surface area contributed by atoms with E-state index in [-0.39, 0.29) is 6.10 Å². The van der Waals surface area contributed by atoms with Gasteiger partial charge in [-0.1, -0.05) is 0 Å². The smallest absolute Gasteiger partial charge is 0.0594 e. The molecule has 4 heteroatoms. The van der Waals surface area contributed by atoms with Crippen LogP contribution in [0.2, 0.25) is 0 Å². The summed E-state index contributed by atoms with van der Waals surface area (Å²) in [4.78, 5) is 2.44. The molecule has 0 spiro atoms. The molecule has 0 aromatic carbocycles. The van der Waals surface area contributed by atoms with E-state index in [4.69, 9.17) is 9.84 Å². The summed E-state index contributed by atoms with van der Waals surface area (Å²) < 4.78 is 5.29. The van der Waals surface area contributed by atoms with E-state index in [0.717, 1.165) is 52.4 Å². The summed E-state index contributed by atoms with van der Waals surface area (Å²) in [5.41, 5.74) is 0. The molecule has 0 bridgehead atoms. The van der Waals surface area contributed by atoms with Gasteiger partial charge in [0.15, 0.2) is 0 Å². The second-order valence-corrected chi connectivity index (χ2v) is 4.20. The zero-order chi connectivity index (χ0) is 10.9. The van der Waals surface area contributed by atoms with Gasteiger partial charge in [-0.15, -0.1) is 0 Å².